The average molecular weight is 767 g/mol. The Morgan fingerprint density at radius 3 is 1.55 bits per heavy atom. The lowest BCUT2D eigenvalue weighted by Crippen LogP contribution is -2.30. The first-order chi connectivity index (χ1) is 25.9. The number of nitriles is 1. The highest BCUT2D eigenvalue weighted by Gasteiger charge is 2.33. The summed E-state index contributed by atoms with van der Waals surface area (Å²) in [6.07, 6.45) is -1.66. The molecule has 2 unspecified atom stereocenters. The predicted molar refractivity (Wildman–Crippen MR) is 204 cm³/mol. The first kappa shape index (κ1) is 34.9. The smallest absolute Gasteiger partial charge is 0.270 e. The van der Waals surface area contributed by atoms with Gasteiger partial charge in [-0.05, 0) is 71.8 Å². The van der Waals surface area contributed by atoms with Gasteiger partial charge in [-0.1, -0.05) is 101 Å². The van der Waals surface area contributed by atoms with Crippen LogP contribution in [0.5, 0.6) is 23.0 Å². The zero-order valence-corrected chi connectivity index (χ0v) is 29.8. The molecule has 2 aliphatic rings. The van der Waals surface area contributed by atoms with Gasteiger partial charge in [0.1, 0.15) is 36.2 Å². The Balaban J connectivity index is 0.000000164. The SMILES string of the molecule is N#Cc1ccc(OCc2ccccc2)c(C2Oc3ccccc3NC2=O)c1.O=C1Nc2ccccc2OC1c1cc(Br)ccc1OCc1ccccc1. The number of anilines is 2. The molecule has 53 heavy (non-hydrogen) atoms. The van der Waals surface area contributed by atoms with Crippen molar-refractivity contribution in [3.63, 3.8) is 0 Å². The number of nitrogens with one attached hydrogen (secondary N) is 2. The van der Waals surface area contributed by atoms with E-state index < -0.39 is 12.2 Å². The predicted octanol–water partition coefficient (Wildman–Crippen LogP) is 9.31. The fraction of sp³-hybridized carbons (Fsp3) is 0.0930. The van der Waals surface area contributed by atoms with E-state index in [-0.39, 0.29) is 11.8 Å². The molecule has 0 saturated carbocycles. The molecule has 2 atom stereocenters. The van der Waals surface area contributed by atoms with Gasteiger partial charge in [-0.3, -0.25) is 9.59 Å². The molecule has 0 aromatic heterocycles. The van der Waals surface area contributed by atoms with Crippen molar-refractivity contribution in [2.24, 2.45) is 0 Å². The van der Waals surface area contributed by atoms with Crippen LogP contribution in [0.15, 0.2) is 150 Å². The summed E-state index contributed by atoms with van der Waals surface area (Å²) >= 11 is 3.47. The van der Waals surface area contributed by atoms with E-state index in [0.717, 1.165) is 15.6 Å². The van der Waals surface area contributed by atoms with Crippen LogP contribution in [0, 0.1) is 11.3 Å². The number of nitrogens with zero attached hydrogens (tertiary/aromatic N) is 1. The summed E-state index contributed by atoms with van der Waals surface area (Å²) in [6, 6.07) is 47.0. The number of para-hydroxylation sites is 4. The number of benzene rings is 6. The number of rotatable bonds is 8. The van der Waals surface area contributed by atoms with Crippen LogP contribution in [-0.4, -0.2) is 11.8 Å². The molecule has 262 valence electrons. The Morgan fingerprint density at radius 1 is 0.585 bits per heavy atom. The van der Waals surface area contributed by atoms with E-state index in [4.69, 9.17) is 18.9 Å². The molecule has 10 heteroatoms. The van der Waals surface area contributed by atoms with Crippen LogP contribution in [0.25, 0.3) is 0 Å². The Labute approximate surface area is 314 Å². The standard InChI is InChI=1S/C22H16N2O3.C21H16BrNO3/c23-13-16-10-11-19(26-14-15-6-2-1-3-7-15)17(12-16)21-22(25)24-18-8-4-5-9-20(18)27-21;22-15-10-11-18(25-13-14-6-2-1-3-7-14)16(12-15)20-21(24)23-17-8-4-5-9-19(17)26-20/h1-12,21H,14H2,(H,24,25);1-12,20H,13H2,(H,23,24). The van der Waals surface area contributed by atoms with Crippen molar-refractivity contribution in [2.45, 2.75) is 25.4 Å². The molecular weight excluding hydrogens is 734 g/mol. The summed E-state index contributed by atoms with van der Waals surface area (Å²) in [6.45, 7) is 0.769. The molecule has 8 rings (SSSR count). The zero-order chi connectivity index (χ0) is 36.6. The van der Waals surface area contributed by atoms with Crippen molar-refractivity contribution in [2.75, 3.05) is 10.6 Å². The monoisotopic (exact) mass is 765 g/mol. The third-order valence-electron chi connectivity index (χ3n) is 8.41. The van der Waals surface area contributed by atoms with Crippen LogP contribution in [0.4, 0.5) is 11.4 Å². The third kappa shape index (κ3) is 8.33. The van der Waals surface area contributed by atoms with Crippen LogP contribution in [-0.2, 0) is 22.8 Å². The summed E-state index contributed by atoms with van der Waals surface area (Å²) in [5, 5.41) is 15.0. The highest BCUT2D eigenvalue weighted by molar-refractivity contribution is 9.10. The number of hydrogen-bond acceptors (Lipinski definition) is 7. The molecule has 0 radical (unpaired) electrons. The van der Waals surface area contributed by atoms with E-state index in [1.54, 1.807) is 30.3 Å². The first-order valence-electron chi connectivity index (χ1n) is 16.8. The van der Waals surface area contributed by atoms with Crippen LogP contribution < -0.4 is 29.6 Å². The molecule has 2 heterocycles. The van der Waals surface area contributed by atoms with E-state index in [1.807, 2.05) is 115 Å². The van der Waals surface area contributed by atoms with E-state index in [1.165, 1.54) is 0 Å². The van der Waals surface area contributed by atoms with E-state index in [0.29, 0.717) is 64.3 Å². The minimum atomic E-state index is -0.890. The number of halogens is 1. The molecule has 0 bridgehead atoms. The average Bonchev–Trinajstić information content (AvgIpc) is 3.20. The molecule has 0 saturated heterocycles. The number of ether oxygens (including phenoxy) is 4. The van der Waals surface area contributed by atoms with E-state index >= 15 is 0 Å². The number of fused-ring (bicyclic) bond motifs is 2. The maximum atomic E-state index is 12.6. The van der Waals surface area contributed by atoms with Gasteiger partial charge in [0.05, 0.1) is 23.0 Å². The van der Waals surface area contributed by atoms with Gasteiger partial charge in [-0.2, -0.15) is 5.26 Å². The van der Waals surface area contributed by atoms with Crippen LogP contribution in [0.1, 0.15) is 40.0 Å². The van der Waals surface area contributed by atoms with Gasteiger partial charge in [0.2, 0.25) is 12.2 Å². The second-order valence-corrected chi connectivity index (χ2v) is 13.0. The highest BCUT2D eigenvalue weighted by Crippen LogP contribution is 2.40. The maximum absolute atomic E-state index is 12.6. The lowest BCUT2D eigenvalue weighted by atomic mass is 10.0. The summed E-state index contributed by atoms with van der Waals surface area (Å²) in [7, 11) is 0. The second kappa shape index (κ2) is 16.2. The third-order valence-corrected chi connectivity index (χ3v) is 8.90. The van der Waals surface area contributed by atoms with Crippen LogP contribution in [0.3, 0.4) is 0 Å². The van der Waals surface area contributed by atoms with Crippen molar-refractivity contribution in [3.05, 3.63) is 178 Å². The molecule has 6 aromatic carbocycles. The minimum Gasteiger partial charge on any atom is -0.488 e. The second-order valence-electron chi connectivity index (χ2n) is 12.1. The molecule has 0 aliphatic carbocycles. The molecule has 2 N–H and O–H groups in total. The van der Waals surface area contributed by atoms with Crippen molar-refractivity contribution >= 4 is 39.1 Å². The van der Waals surface area contributed by atoms with Gasteiger partial charge in [0.25, 0.3) is 11.8 Å². The maximum Gasteiger partial charge on any atom is 0.270 e. The fourth-order valence-electron chi connectivity index (χ4n) is 5.79. The van der Waals surface area contributed by atoms with Gasteiger partial charge in [0, 0.05) is 15.6 Å². The number of carbonyl (C=O) groups is 2. The largest absolute Gasteiger partial charge is 0.488 e. The summed E-state index contributed by atoms with van der Waals surface area (Å²) in [5.74, 6) is 1.85. The molecule has 0 spiro atoms. The van der Waals surface area contributed by atoms with Crippen molar-refractivity contribution in [1.29, 1.82) is 5.26 Å². The molecular formula is C43H32BrN3O6. The normalized spacial score (nSPS) is 15.3. The lowest BCUT2D eigenvalue weighted by Gasteiger charge is -2.27. The van der Waals surface area contributed by atoms with Gasteiger partial charge < -0.3 is 29.6 Å². The van der Waals surface area contributed by atoms with Crippen LogP contribution >= 0.6 is 15.9 Å². The minimum absolute atomic E-state index is 0.216. The summed E-state index contributed by atoms with van der Waals surface area (Å²) in [5.41, 5.74) is 5.01. The van der Waals surface area contributed by atoms with Gasteiger partial charge in [-0.15, -0.1) is 0 Å². The van der Waals surface area contributed by atoms with Gasteiger partial charge in [0.15, 0.2) is 0 Å². The van der Waals surface area contributed by atoms with Gasteiger partial charge >= 0.3 is 0 Å². The van der Waals surface area contributed by atoms with Crippen LogP contribution in [0.2, 0.25) is 0 Å². The fourth-order valence-corrected chi connectivity index (χ4v) is 6.17. The zero-order valence-electron chi connectivity index (χ0n) is 28.2. The topological polar surface area (TPSA) is 119 Å². The number of amides is 2. The Bertz CT molecular complexity index is 2290. The molecule has 2 amide bonds. The number of hydrogen-bond donors (Lipinski definition) is 2. The summed E-state index contributed by atoms with van der Waals surface area (Å²) in [4.78, 5) is 25.2. The van der Waals surface area contributed by atoms with Crippen molar-refractivity contribution in [1.82, 2.24) is 0 Å². The molecule has 9 nitrogen and oxygen atoms in total. The molecule has 6 aromatic rings. The Hall–Kier alpha value is -6.57. The Kier molecular flexibility index (Phi) is 10.6. The number of carbonyl (C=O) groups excluding carboxylic acids is 2. The van der Waals surface area contributed by atoms with E-state index in [9.17, 15) is 14.9 Å². The first-order valence-corrected chi connectivity index (χ1v) is 17.5. The summed E-state index contributed by atoms with van der Waals surface area (Å²) < 4.78 is 24.7. The highest BCUT2D eigenvalue weighted by atomic mass is 79.9. The van der Waals surface area contributed by atoms with Crippen molar-refractivity contribution in [3.8, 4) is 29.1 Å². The molecule has 0 fully saturated rings. The lowest BCUT2D eigenvalue weighted by molar-refractivity contribution is -0.124. The molecule has 2 aliphatic heterocycles. The quantitative estimate of drug-likeness (QED) is 0.159. The van der Waals surface area contributed by atoms with E-state index in [2.05, 4.69) is 32.6 Å². The Morgan fingerprint density at radius 2 is 1.04 bits per heavy atom. The van der Waals surface area contributed by atoms with Gasteiger partial charge in [-0.25, -0.2) is 0 Å². The van der Waals surface area contributed by atoms with Crippen molar-refractivity contribution < 1.29 is 28.5 Å².